The van der Waals surface area contributed by atoms with Gasteiger partial charge >= 0.3 is 0 Å². The Hall–Kier alpha value is -2.04. The molecule has 1 aliphatic carbocycles. The molecule has 0 aliphatic heterocycles. The van der Waals surface area contributed by atoms with Gasteiger partial charge in [-0.1, -0.05) is 38.0 Å². The Morgan fingerprint density at radius 2 is 1.46 bits per heavy atom. The van der Waals surface area contributed by atoms with Gasteiger partial charge in [0.2, 0.25) is 12.7 Å². The van der Waals surface area contributed by atoms with Gasteiger partial charge in [0.1, 0.15) is 5.75 Å². The summed E-state index contributed by atoms with van der Waals surface area (Å²) in [6, 6.07) is 10.7. The fourth-order valence-electron chi connectivity index (χ4n) is 3.24. The summed E-state index contributed by atoms with van der Waals surface area (Å²) in [7, 11) is 0. The molecule has 1 saturated carbocycles. The van der Waals surface area contributed by atoms with Crippen LogP contribution < -0.4 is 4.74 Å². The summed E-state index contributed by atoms with van der Waals surface area (Å²) in [6.45, 7) is 2.09. The number of aryl methyl sites for hydroxylation is 1. The van der Waals surface area contributed by atoms with Gasteiger partial charge in [0, 0.05) is 0 Å². The highest BCUT2D eigenvalue weighted by molar-refractivity contribution is 5.37. The molecule has 0 radical (unpaired) electrons. The molecule has 3 rings (SSSR count). The minimum Gasteiger partial charge on any atom is -0.454 e. The van der Waals surface area contributed by atoms with Crippen LogP contribution in [-0.4, -0.2) is 6.93 Å². The maximum Gasteiger partial charge on any atom is 0.229 e. The molecule has 0 heterocycles. The molecule has 0 bridgehead atoms. The topological polar surface area (TPSA) is 9.23 Å². The summed E-state index contributed by atoms with van der Waals surface area (Å²) < 4.78 is 52.2. The first-order valence-electron chi connectivity index (χ1n) is 8.80. The maximum absolute atomic E-state index is 13.9. The highest BCUT2D eigenvalue weighted by atomic mass is 19.3. The molecule has 0 atom stereocenters. The molecule has 142 valence electrons. The first kappa shape index (κ1) is 20.3. The van der Waals surface area contributed by atoms with Crippen molar-refractivity contribution in [3.63, 3.8) is 0 Å². The molecule has 5 heteroatoms. The van der Waals surface area contributed by atoms with Crippen molar-refractivity contribution in [1.82, 2.24) is 0 Å². The molecule has 26 heavy (non-hydrogen) atoms. The maximum atomic E-state index is 13.9. The zero-order valence-electron chi connectivity index (χ0n) is 15.1. The quantitative estimate of drug-likeness (QED) is 0.519. The Labute approximate surface area is 152 Å². The van der Waals surface area contributed by atoms with Gasteiger partial charge in [-0.05, 0) is 60.9 Å². The predicted octanol–water partition coefficient (Wildman–Crippen LogP) is 7.24. The lowest BCUT2D eigenvalue weighted by Crippen LogP contribution is -2.10. The van der Waals surface area contributed by atoms with E-state index in [2.05, 4.69) is 6.92 Å². The molecule has 0 N–H and O–H groups in total. The van der Waals surface area contributed by atoms with Crippen molar-refractivity contribution >= 4 is 0 Å². The Bertz CT molecular complexity index is 692. The van der Waals surface area contributed by atoms with Crippen LogP contribution >= 0.6 is 0 Å². The number of benzene rings is 2. The van der Waals surface area contributed by atoms with Crippen LogP contribution in [0.1, 0.15) is 49.7 Å². The molecule has 0 aromatic heterocycles. The van der Waals surface area contributed by atoms with E-state index in [4.69, 9.17) is 4.74 Å². The second kappa shape index (κ2) is 9.60. The van der Waals surface area contributed by atoms with Crippen LogP contribution in [0.5, 0.6) is 11.5 Å². The zero-order chi connectivity index (χ0) is 19.1. The van der Waals surface area contributed by atoms with Crippen molar-refractivity contribution in [2.75, 3.05) is 6.93 Å². The fourth-order valence-corrected chi connectivity index (χ4v) is 3.24. The number of hydrogen-bond acceptors (Lipinski definition) is 1. The molecule has 0 amide bonds. The number of rotatable bonds is 3. The predicted molar refractivity (Wildman–Crippen MR) is 95.1 cm³/mol. The molecule has 1 aliphatic rings. The number of halogens is 4. The lowest BCUT2D eigenvalue weighted by atomic mass is 9.79. The van der Waals surface area contributed by atoms with Crippen LogP contribution in [-0.2, 0) is 0 Å². The molecule has 0 unspecified atom stereocenters. The smallest absolute Gasteiger partial charge is 0.229 e. The van der Waals surface area contributed by atoms with E-state index < -0.39 is 18.6 Å². The normalized spacial score (nSPS) is 19.5. The summed E-state index contributed by atoms with van der Waals surface area (Å²) in [4.78, 5) is 0. The van der Waals surface area contributed by atoms with Crippen molar-refractivity contribution in [3.8, 4) is 11.5 Å². The van der Waals surface area contributed by atoms with Gasteiger partial charge in [-0.15, -0.1) is 0 Å². The largest absolute Gasteiger partial charge is 0.454 e. The van der Waals surface area contributed by atoms with Gasteiger partial charge in [-0.3, -0.25) is 0 Å². The molecular weight excluding hydrogens is 344 g/mol. The first-order chi connectivity index (χ1) is 12.5. The highest BCUT2D eigenvalue weighted by Crippen LogP contribution is 2.36. The van der Waals surface area contributed by atoms with Crippen molar-refractivity contribution in [2.24, 2.45) is 5.92 Å². The fraction of sp³-hybridized carbons (Fsp3) is 0.429. The van der Waals surface area contributed by atoms with Gasteiger partial charge in [0.05, 0.1) is 0 Å². The Balaban J connectivity index is 0.000000758. The van der Waals surface area contributed by atoms with Gasteiger partial charge in [0.25, 0.3) is 0 Å². The van der Waals surface area contributed by atoms with Crippen LogP contribution in [0, 0.1) is 24.5 Å². The van der Waals surface area contributed by atoms with Crippen molar-refractivity contribution in [3.05, 3.63) is 59.2 Å². The summed E-state index contributed by atoms with van der Waals surface area (Å²) in [5.74, 6) is 0.0975. The summed E-state index contributed by atoms with van der Waals surface area (Å²) >= 11 is 0. The van der Waals surface area contributed by atoms with E-state index >= 15 is 0 Å². The number of hydrogen-bond donors (Lipinski definition) is 0. The van der Waals surface area contributed by atoms with Crippen LogP contribution in [0.4, 0.5) is 17.6 Å². The summed E-state index contributed by atoms with van der Waals surface area (Å²) in [5.41, 5.74) is 1.58. The van der Waals surface area contributed by atoms with E-state index in [0.29, 0.717) is 11.7 Å². The van der Waals surface area contributed by atoms with Gasteiger partial charge in [-0.2, -0.15) is 4.39 Å². The van der Waals surface area contributed by atoms with Gasteiger partial charge in [-0.25, -0.2) is 13.2 Å². The average molecular weight is 368 g/mol. The van der Waals surface area contributed by atoms with E-state index in [1.54, 1.807) is 0 Å². The molecule has 2 aromatic rings. The minimum atomic E-state index is -1.75. The molecule has 1 fully saturated rings. The second-order valence-electron chi connectivity index (χ2n) is 6.74. The molecule has 2 aromatic carbocycles. The van der Waals surface area contributed by atoms with Gasteiger partial charge in [0.15, 0.2) is 11.6 Å². The van der Waals surface area contributed by atoms with Crippen molar-refractivity contribution < 1.29 is 22.3 Å². The second-order valence-corrected chi connectivity index (χ2v) is 6.74. The summed E-state index contributed by atoms with van der Waals surface area (Å²) in [6.07, 6.45) is 4.99. The standard InChI is InChI=1S/C20H22F2O.CH2F2/c1-13-3-6-15(7-4-13)16-8-10-17(11-9-16)23-18-12-5-14(2)19(21)20(18)22;2-1-3/h5,8-13,15H,3-4,6-7H2,1-2H3;1H2. The van der Waals surface area contributed by atoms with E-state index in [-0.39, 0.29) is 11.3 Å². The first-order valence-corrected chi connectivity index (χ1v) is 8.80. The average Bonchev–Trinajstić information content (AvgIpc) is 2.64. The van der Waals surface area contributed by atoms with Crippen LogP contribution in [0.25, 0.3) is 0 Å². The Morgan fingerprint density at radius 1 is 0.885 bits per heavy atom. The van der Waals surface area contributed by atoms with E-state index in [9.17, 15) is 17.6 Å². The van der Waals surface area contributed by atoms with E-state index in [1.807, 2.05) is 24.3 Å². The van der Waals surface area contributed by atoms with Crippen molar-refractivity contribution in [1.29, 1.82) is 0 Å². The van der Waals surface area contributed by atoms with Crippen molar-refractivity contribution in [2.45, 2.75) is 45.4 Å². The van der Waals surface area contributed by atoms with Crippen LogP contribution in [0.2, 0.25) is 0 Å². The highest BCUT2D eigenvalue weighted by Gasteiger charge is 2.19. The lowest BCUT2D eigenvalue weighted by Gasteiger charge is -2.26. The lowest BCUT2D eigenvalue weighted by molar-refractivity contribution is 0.295. The third-order valence-corrected chi connectivity index (χ3v) is 4.84. The molecular formula is C21H24F4O. The zero-order valence-corrected chi connectivity index (χ0v) is 15.1. The Morgan fingerprint density at radius 3 is 2.04 bits per heavy atom. The van der Waals surface area contributed by atoms with E-state index in [1.165, 1.54) is 50.3 Å². The van der Waals surface area contributed by atoms with Crippen LogP contribution in [0.15, 0.2) is 36.4 Å². The number of alkyl halides is 2. The third-order valence-electron chi connectivity index (χ3n) is 4.84. The third kappa shape index (κ3) is 5.23. The molecule has 1 nitrogen and oxygen atoms in total. The number of ether oxygens (including phenoxy) is 1. The van der Waals surface area contributed by atoms with Crippen LogP contribution in [0.3, 0.4) is 0 Å². The minimum absolute atomic E-state index is 0.0765. The monoisotopic (exact) mass is 368 g/mol. The molecule has 0 saturated heterocycles. The molecule has 0 spiro atoms. The van der Waals surface area contributed by atoms with Gasteiger partial charge < -0.3 is 4.74 Å². The SMILES string of the molecule is Cc1ccc(Oc2ccc(C3CCC(C)CC3)cc2)c(F)c1F.FCF. The Kier molecular flexibility index (Phi) is 7.49. The summed E-state index contributed by atoms with van der Waals surface area (Å²) in [5, 5.41) is 0. The van der Waals surface area contributed by atoms with E-state index in [0.717, 1.165) is 5.92 Å².